The van der Waals surface area contributed by atoms with Crippen molar-refractivity contribution in [2.24, 2.45) is 11.5 Å². The minimum absolute atomic E-state index is 0.0286. The highest BCUT2D eigenvalue weighted by molar-refractivity contribution is 5.76. The first-order valence-electron chi connectivity index (χ1n) is 10.2. The Morgan fingerprint density at radius 3 is 1.60 bits per heavy atom. The van der Waals surface area contributed by atoms with Gasteiger partial charge in [-0.1, -0.05) is 0 Å². The predicted octanol–water partition coefficient (Wildman–Crippen LogP) is -0.822. The van der Waals surface area contributed by atoms with Crippen molar-refractivity contribution in [2.45, 2.75) is 0 Å². The van der Waals surface area contributed by atoms with E-state index in [-0.39, 0.29) is 26.0 Å². The topological polar surface area (TPSA) is 98.4 Å². The smallest absolute Gasteiger partial charge is 0.320 e. The molecule has 0 radical (unpaired) electrons. The van der Waals surface area contributed by atoms with E-state index in [0.29, 0.717) is 58.9 Å². The SMILES string of the molecule is [C-]#[N+]CN(CCN(C[N+]#[C-])C[N+]#[C-])CCN1CCN(CCN(CCN)CCN)C1=O. The van der Waals surface area contributed by atoms with Crippen LogP contribution >= 0.6 is 0 Å². The van der Waals surface area contributed by atoms with E-state index in [2.05, 4.69) is 19.4 Å². The fraction of sp³-hybridized carbons (Fsp3) is 0.789. The lowest BCUT2D eigenvalue weighted by Gasteiger charge is -2.25. The van der Waals surface area contributed by atoms with Crippen LogP contribution in [0.5, 0.6) is 0 Å². The highest BCUT2D eigenvalue weighted by Crippen LogP contribution is 2.09. The van der Waals surface area contributed by atoms with E-state index in [1.54, 1.807) is 4.90 Å². The van der Waals surface area contributed by atoms with Crippen LogP contribution in [0.3, 0.4) is 0 Å². The fourth-order valence-electron chi connectivity index (χ4n) is 3.29. The second-order valence-corrected chi connectivity index (χ2v) is 7.09. The van der Waals surface area contributed by atoms with E-state index in [0.717, 1.165) is 19.6 Å². The van der Waals surface area contributed by atoms with Crippen LogP contribution in [0.4, 0.5) is 4.79 Å². The molecular formula is C19H34N10O. The molecule has 30 heavy (non-hydrogen) atoms. The van der Waals surface area contributed by atoms with Gasteiger partial charge in [-0.25, -0.2) is 29.4 Å². The lowest BCUT2D eigenvalue weighted by Crippen LogP contribution is -2.43. The Kier molecular flexibility index (Phi) is 13.1. The van der Waals surface area contributed by atoms with Gasteiger partial charge in [-0.2, -0.15) is 4.90 Å². The molecule has 11 heteroatoms. The molecule has 0 atom stereocenters. The maximum atomic E-state index is 12.7. The summed E-state index contributed by atoms with van der Waals surface area (Å²) in [4.78, 5) is 32.4. The molecule has 1 rings (SSSR count). The molecule has 0 aromatic rings. The molecule has 1 aliphatic heterocycles. The van der Waals surface area contributed by atoms with Crippen LogP contribution < -0.4 is 11.5 Å². The van der Waals surface area contributed by atoms with E-state index in [4.69, 9.17) is 31.2 Å². The largest absolute Gasteiger partial charge is 0.329 e. The van der Waals surface area contributed by atoms with Crippen molar-refractivity contribution < 1.29 is 4.79 Å². The zero-order chi connectivity index (χ0) is 22.2. The summed E-state index contributed by atoms with van der Waals surface area (Å²) in [6, 6.07) is 0.0286. The molecule has 0 spiro atoms. The van der Waals surface area contributed by atoms with Crippen molar-refractivity contribution in [1.82, 2.24) is 24.5 Å². The Labute approximate surface area is 180 Å². The van der Waals surface area contributed by atoms with Gasteiger partial charge < -0.3 is 21.3 Å². The molecule has 1 aliphatic rings. The van der Waals surface area contributed by atoms with E-state index in [9.17, 15) is 4.79 Å². The number of amides is 2. The molecule has 0 aromatic carbocycles. The average Bonchev–Trinajstić information content (AvgIpc) is 3.08. The third-order valence-corrected chi connectivity index (χ3v) is 4.99. The van der Waals surface area contributed by atoms with Crippen LogP contribution in [-0.4, -0.2) is 129 Å². The fourth-order valence-corrected chi connectivity index (χ4v) is 3.29. The molecule has 0 aliphatic carbocycles. The van der Waals surface area contributed by atoms with E-state index in [1.165, 1.54) is 0 Å². The van der Waals surface area contributed by atoms with Crippen LogP contribution in [0.15, 0.2) is 0 Å². The maximum absolute atomic E-state index is 12.7. The molecule has 166 valence electrons. The molecule has 0 bridgehead atoms. The summed E-state index contributed by atoms with van der Waals surface area (Å²) >= 11 is 0. The van der Waals surface area contributed by atoms with Crippen LogP contribution in [0.1, 0.15) is 0 Å². The summed E-state index contributed by atoms with van der Waals surface area (Å²) in [6.45, 7) is 29.5. The van der Waals surface area contributed by atoms with Crippen molar-refractivity contribution in [3.8, 4) is 0 Å². The number of rotatable bonds is 16. The van der Waals surface area contributed by atoms with Gasteiger partial charge in [0.05, 0.1) is 0 Å². The number of carbonyl (C=O) groups is 1. The molecule has 1 fully saturated rings. The van der Waals surface area contributed by atoms with Crippen molar-refractivity contribution in [3.05, 3.63) is 34.3 Å². The second-order valence-electron chi connectivity index (χ2n) is 7.09. The maximum Gasteiger partial charge on any atom is 0.320 e. The lowest BCUT2D eigenvalue weighted by molar-refractivity contribution is 0.174. The van der Waals surface area contributed by atoms with Gasteiger partial charge in [-0.3, -0.25) is 19.4 Å². The Bertz CT molecular complexity index is 600. The van der Waals surface area contributed by atoms with Gasteiger partial charge in [-0.15, -0.1) is 0 Å². The Morgan fingerprint density at radius 1 is 0.700 bits per heavy atom. The molecule has 1 saturated heterocycles. The molecule has 0 aromatic heterocycles. The highest BCUT2D eigenvalue weighted by Gasteiger charge is 2.28. The van der Waals surface area contributed by atoms with Crippen LogP contribution in [0.2, 0.25) is 0 Å². The molecule has 1 heterocycles. The summed E-state index contributed by atoms with van der Waals surface area (Å²) in [5, 5.41) is 0. The van der Waals surface area contributed by atoms with Crippen molar-refractivity contribution in [2.75, 3.05) is 98.5 Å². The first-order valence-corrected chi connectivity index (χ1v) is 10.2. The summed E-state index contributed by atoms with van der Waals surface area (Å²) in [5.41, 5.74) is 11.3. The first-order chi connectivity index (χ1) is 14.6. The Balaban J connectivity index is 2.45. The van der Waals surface area contributed by atoms with Gasteiger partial charge in [0.25, 0.3) is 20.0 Å². The quantitative estimate of drug-likeness (QED) is 0.318. The standard InChI is InChI=1S/C19H34N10O/c1-22-16-26(8-9-27(17-23-2)18-24-3)11-13-29-15-14-28(19(29)30)12-10-25(6-4-20)7-5-21/h4-18,20-21H2. The monoisotopic (exact) mass is 418 g/mol. The third kappa shape index (κ3) is 9.36. The number of nitrogens with two attached hydrogens (primary N) is 2. The van der Waals surface area contributed by atoms with E-state index < -0.39 is 0 Å². The second kappa shape index (κ2) is 15.4. The van der Waals surface area contributed by atoms with Gasteiger partial charge in [0, 0.05) is 78.5 Å². The average molecular weight is 419 g/mol. The number of hydrogen-bond acceptors (Lipinski definition) is 6. The molecular weight excluding hydrogens is 384 g/mol. The van der Waals surface area contributed by atoms with Gasteiger partial charge in [0.2, 0.25) is 0 Å². The van der Waals surface area contributed by atoms with Crippen LogP contribution in [-0.2, 0) is 0 Å². The van der Waals surface area contributed by atoms with Crippen LogP contribution in [0, 0.1) is 19.7 Å². The van der Waals surface area contributed by atoms with E-state index in [1.807, 2.05) is 14.7 Å². The van der Waals surface area contributed by atoms with Gasteiger partial charge >= 0.3 is 6.03 Å². The minimum atomic E-state index is 0.0286. The number of carbonyl (C=O) groups excluding carboxylic acids is 1. The number of hydrogen-bond donors (Lipinski definition) is 2. The minimum Gasteiger partial charge on any atom is -0.329 e. The van der Waals surface area contributed by atoms with Crippen molar-refractivity contribution in [1.29, 1.82) is 0 Å². The van der Waals surface area contributed by atoms with Gasteiger partial charge in [0.15, 0.2) is 0 Å². The zero-order valence-electron chi connectivity index (χ0n) is 17.7. The van der Waals surface area contributed by atoms with Crippen molar-refractivity contribution >= 4 is 6.03 Å². The van der Waals surface area contributed by atoms with Crippen LogP contribution in [0.25, 0.3) is 14.5 Å². The number of nitrogens with zero attached hydrogens (tertiary/aromatic N) is 8. The number of urea groups is 1. The molecule has 0 saturated carbocycles. The summed E-state index contributed by atoms with van der Waals surface area (Å²) in [5.74, 6) is 0. The molecule has 2 amide bonds. The summed E-state index contributed by atoms with van der Waals surface area (Å²) < 4.78 is 0. The summed E-state index contributed by atoms with van der Waals surface area (Å²) in [7, 11) is 0. The normalized spacial score (nSPS) is 13.9. The predicted molar refractivity (Wildman–Crippen MR) is 116 cm³/mol. The molecule has 4 N–H and O–H groups in total. The summed E-state index contributed by atoms with van der Waals surface area (Å²) in [6.07, 6.45) is 0. The Morgan fingerprint density at radius 2 is 1.13 bits per heavy atom. The van der Waals surface area contributed by atoms with Gasteiger partial charge in [-0.05, 0) is 0 Å². The highest BCUT2D eigenvalue weighted by atomic mass is 16.2. The lowest BCUT2D eigenvalue weighted by atomic mass is 10.4. The Hall–Kier alpha value is -2.46. The van der Waals surface area contributed by atoms with Crippen molar-refractivity contribution in [3.63, 3.8) is 0 Å². The van der Waals surface area contributed by atoms with E-state index >= 15 is 0 Å². The molecule has 0 unspecified atom stereocenters. The zero-order valence-corrected chi connectivity index (χ0v) is 17.7. The molecule has 11 nitrogen and oxygen atoms in total. The third-order valence-electron chi connectivity index (χ3n) is 4.99. The van der Waals surface area contributed by atoms with Gasteiger partial charge in [0.1, 0.15) is 0 Å². The first kappa shape index (κ1) is 25.6.